The first-order chi connectivity index (χ1) is 9.41. The molecule has 2 atom stereocenters. The average molecular weight is 271 g/mol. The first-order valence-electron chi connectivity index (χ1n) is 6.77. The SMILES string of the molecule is CC(C)(C)C(=O)N1C[C@@H]2C[C@H]1c1cncc(C#N)c1O2. The molecule has 20 heavy (non-hydrogen) atoms. The Labute approximate surface area is 118 Å². The summed E-state index contributed by atoms with van der Waals surface area (Å²) in [6, 6.07) is 2.09. The van der Waals surface area contributed by atoms with Crippen LogP contribution in [0.1, 0.15) is 44.4 Å². The quantitative estimate of drug-likeness (QED) is 0.724. The number of nitrogens with zero attached hydrogens (tertiary/aromatic N) is 3. The van der Waals surface area contributed by atoms with Gasteiger partial charge in [0.05, 0.1) is 12.6 Å². The number of hydrogen-bond acceptors (Lipinski definition) is 4. The van der Waals surface area contributed by atoms with Crippen LogP contribution in [-0.4, -0.2) is 28.4 Å². The van der Waals surface area contributed by atoms with Gasteiger partial charge in [-0.3, -0.25) is 9.78 Å². The zero-order valence-corrected chi connectivity index (χ0v) is 11.9. The Hall–Kier alpha value is -2.09. The largest absolute Gasteiger partial charge is 0.487 e. The minimum Gasteiger partial charge on any atom is -0.487 e. The number of pyridine rings is 1. The van der Waals surface area contributed by atoms with E-state index in [-0.39, 0.29) is 18.1 Å². The van der Waals surface area contributed by atoms with Gasteiger partial charge < -0.3 is 9.64 Å². The number of carbonyl (C=O) groups excluding carboxylic acids is 1. The summed E-state index contributed by atoms with van der Waals surface area (Å²) in [5, 5.41) is 9.14. The van der Waals surface area contributed by atoms with Crippen molar-refractivity contribution in [1.29, 1.82) is 5.26 Å². The lowest BCUT2D eigenvalue weighted by molar-refractivity contribution is -0.140. The first-order valence-corrected chi connectivity index (χ1v) is 6.77. The number of nitriles is 1. The van der Waals surface area contributed by atoms with Crippen molar-refractivity contribution in [3.05, 3.63) is 23.5 Å². The predicted octanol–water partition coefficient (Wildman–Crippen LogP) is 2.03. The van der Waals surface area contributed by atoms with Crippen molar-refractivity contribution in [2.75, 3.05) is 6.54 Å². The van der Waals surface area contributed by atoms with E-state index in [4.69, 9.17) is 10.00 Å². The van der Waals surface area contributed by atoms with Crippen molar-refractivity contribution >= 4 is 5.91 Å². The maximum absolute atomic E-state index is 12.6. The van der Waals surface area contributed by atoms with Gasteiger partial charge in [-0.15, -0.1) is 0 Å². The second-order valence-corrected chi connectivity index (χ2v) is 6.42. The number of fused-ring (bicyclic) bond motifs is 4. The van der Waals surface area contributed by atoms with E-state index in [9.17, 15) is 4.79 Å². The first kappa shape index (κ1) is 12.9. The van der Waals surface area contributed by atoms with Crippen LogP contribution in [0.2, 0.25) is 0 Å². The highest BCUT2D eigenvalue weighted by Gasteiger charge is 2.45. The average Bonchev–Trinajstić information content (AvgIpc) is 2.74. The van der Waals surface area contributed by atoms with E-state index in [1.807, 2.05) is 25.7 Å². The molecule has 0 saturated carbocycles. The minimum absolute atomic E-state index is 0.0173. The molecule has 1 amide bonds. The van der Waals surface area contributed by atoms with Crippen LogP contribution in [0.4, 0.5) is 0 Å². The molecule has 1 aromatic rings. The zero-order valence-electron chi connectivity index (χ0n) is 11.9. The molecular formula is C15H17N3O2. The molecule has 2 bridgehead atoms. The normalized spacial score (nSPS) is 23.8. The fourth-order valence-electron chi connectivity index (χ4n) is 2.91. The van der Waals surface area contributed by atoms with E-state index in [0.717, 1.165) is 12.0 Å². The van der Waals surface area contributed by atoms with Gasteiger partial charge >= 0.3 is 0 Å². The summed E-state index contributed by atoms with van der Waals surface area (Å²) in [4.78, 5) is 18.5. The lowest BCUT2D eigenvalue weighted by Gasteiger charge is -2.31. The number of aromatic nitrogens is 1. The third-order valence-corrected chi connectivity index (χ3v) is 3.85. The molecule has 3 heterocycles. The molecule has 0 unspecified atom stereocenters. The second kappa shape index (κ2) is 4.20. The van der Waals surface area contributed by atoms with Crippen LogP contribution < -0.4 is 4.74 Å². The highest BCUT2D eigenvalue weighted by Crippen LogP contribution is 2.45. The molecule has 0 radical (unpaired) electrons. The van der Waals surface area contributed by atoms with Gasteiger partial charge in [0.1, 0.15) is 23.5 Å². The van der Waals surface area contributed by atoms with E-state index in [0.29, 0.717) is 17.9 Å². The third kappa shape index (κ3) is 1.83. The summed E-state index contributed by atoms with van der Waals surface area (Å²) in [5.41, 5.74) is 0.885. The molecule has 1 aromatic heterocycles. The monoisotopic (exact) mass is 271 g/mol. The minimum atomic E-state index is -0.419. The van der Waals surface area contributed by atoms with E-state index >= 15 is 0 Å². The molecule has 1 fully saturated rings. The van der Waals surface area contributed by atoms with E-state index in [2.05, 4.69) is 11.1 Å². The van der Waals surface area contributed by atoms with Gasteiger partial charge in [-0.1, -0.05) is 20.8 Å². The molecule has 104 valence electrons. The fourth-order valence-corrected chi connectivity index (χ4v) is 2.91. The Bertz CT molecular complexity index is 613. The second-order valence-electron chi connectivity index (χ2n) is 6.42. The van der Waals surface area contributed by atoms with Gasteiger partial charge in [0.15, 0.2) is 0 Å². The van der Waals surface area contributed by atoms with Crippen molar-refractivity contribution in [1.82, 2.24) is 9.88 Å². The van der Waals surface area contributed by atoms with Crippen LogP contribution in [0, 0.1) is 16.7 Å². The molecule has 0 N–H and O–H groups in total. The van der Waals surface area contributed by atoms with Crippen molar-refractivity contribution in [2.24, 2.45) is 5.41 Å². The molecule has 0 aliphatic carbocycles. The van der Waals surface area contributed by atoms with Crippen molar-refractivity contribution in [3.8, 4) is 11.8 Å². The van der Waals surface area contributed by atoms with Gasteiger partial charge in [-0.05, 0) is 0 Å². The Kier molecular flexibility index (Phi) is 2.72. The summed E-state index contributed by atoms with van der Waals surface area (Å²) in [6.45, 7) is 6.34. The summed E-state index contributed by atoms with van der Waals surface area (Å²) in [5.74, 6) is 0.719. The van der Waals surface area contributed by atoms with E-state index in [1.165, 1.54) is 6.20 Å². The number of ether oxygens (including phenoxy) is 1. The molecule has 5 heteroatoms. The molecule has 5 nitrogen and oxygen atoms in total. The zero-order chi connectivity index (χ0) is 14.5. The Morgan fingerprint density at radius 3 is 2.90 bits per heavy atom. The molecular weight excluding hydrogens is 254 g/mol. The van der Waals surface area contributed by atoms with E-state index < -0.39 is 5.41 Å². The lowest BCUT2D eigenvalue weighted by atomic mass is 9.93. The van der Waals surface area contributed by atoms with Crippen LogP contribution in [0.25, 0.3) is 0 Å². The molecule has 0 spiro atoms. The summed E-state index contributed by atoms with van der Waals surface area (Å²) >= 11 is 0. The van der Waals surface area contributed by atoms with Crippen LogP contribution >= 0.6 is 0 Å². The van der Waals surface area contributed by atoms with Crippen molar-refractivity contribution in [2.45, 2.75) is 39.3 Å². The Balaban J connectivity index is 2.03. The third-order valence-electron chi connectivity index (χ3n) is 3.85. The maximum Gasteiger partial charge on any atom is 0.228 e. The smallest absolute Gasteiger partial charge is 0.228 e. The van der Waals surface area contributed by atoms with Gasteiger partial charge in [0.2, 0.25) is 5.91 Å². The topological polar surface area (TPSA) is 66.2 Å². The Morgan fingerprint density at radius 1 is 1.50 bits per heavy atom. The molecule has 2 aliphatic rings. The molecule has 3 rings (SSSR count). The fraction of sp³-hybridized carbons (Fsp3) is 0.533. The number of hydrogen-bond donors (Lipinski definition) is 0. The number of likely N-dealkylation sites (tertiary alicyclic amines) is 1. The van der Waals surface area contributed by atoms with Crippen molar-refractivity contribution < 1.29 is 9.53 Å². The van der Waals surface area contributed by atoms with Crippen molar-refractivity contribution in [3.63, 3.8) is 0 Å². The predicted molar refractivity (Wildman–Crippen MR) is 71.9 cm³/mol. The highest BCUT2D eigenvalue weighted by molar-refractivity contribution is 5.82. The van der Waals surface area contributed by atoms with Gasteiger partial charge in [-0.2, -0.15) is 5.26 Å². The highest BCUT2D eigenvalue weighted by atomic mass is 16.5. The van der Waals surface area contributed by atoms with Gasteiger partial charge in [0.25, 0.3) is 0 Å². The summed E-state index contributed by atoms with van der Waals surface area (Å²) in [7, 11) is 0. The number of amides is 1. The van der Waals surface area contributed by atoms with Crippen LogP contribution in [0.5, 0.6) is 5.75 Å². The lowest BCUT2D eigenvalue weighted by Crippen LogP contribution is -2.39. The number of rotatable bonds is 0. The number of carbonyl (C=O) groups is 1. The molecule has 1 saturated heterocycles. The Morgan fingerprint density at radius 2 is 2.25 bits per heavy atom. The summed E-state index contributed by atoms with van der Waals surface area (Å²) < 4.78 is 5.88. The maximum atomic E-state index is 12.6. The standard InChI is InChI=1S/C15H17N3O2/c1-15(2,3)14(19)18-8-10-4-12(18)11-7-17-6-9(5-16)13(11)20-10/h6-7,10,12H,4,8H2,1-3H3/t10-,12-/m0/s1. The summed E-state index contributed by atoms with van der Waals surface area (Å²) in [6.07, 6.45) is 3.99. The van der Waals surface area contributed by atoms with E-state index in [1.54, 1.807) is 6.20 Å². The van der Waals surface area contributed by atoms with Gasteiger partial charge in [0, 0.05) is 29.8 Å². The van der Waals surface area contributed by atoms with Gasteiger partial charge in [-0.25, -0.2) is 0 Å². The molecule has 2 aliphatic heterocycles. The van der Waals surface area contributed by atoms with Crippen LogP contribution in [-0.2, 0) is 4.79 Å². The molecule has 0 aromatic carbocycles. The van der Waals surface area contributed by atoms with Crippen LogP contribution in [0.15, 0.2) is 12.4 Å². The van der Waals surface area contributed by atoms with Crippen LogP contribution in [0.3, 0.4) is 0 Å².